The Hall–Kier alpha value is -3.41. The molecule has 3 aromatic rings. The van der Waals surface area contributed by atoms with Gasteiger partial charge < -0.3 is 14.2 Å². The Bertz CT molecular complexity index is 1180. The number of piperidine rings is 1. The molecule has 2 aliphatic heterocycles. The topological polar surface area (TPSA) is 47.4 Å². The summed E-state index contributed by atoms with van der Waals surface area (Å²) < 4.78 is 20.9. The van der Waals surface area contributed by atoms with Crippen LogP contribution in [0.25, 0.3) is 11.8 Å². The first-order valence-corrected chi connectivity index (χ1v) is 11.0. The lowest BCUT2D eigenvalue weighted by Crippen LogP contribution is -2.39. The summed E-state index contributed by atoms with van der Waals surface area (Å²) in [5.74, 6) is 0.555. The Morgan fingerprint density at radius 3 is 2.69 bits per heavy atom. The number of carbonyl (C=O) groups is 1. The fraction of sp³-hybridized carbons (Fsp3) is 0.308. The molecule has 2 fully saturated rings. The lowest BCUT2D eigenvalue weighted by molar-refractivity contribution is -0.130. The van der Waals surface area contributed by atoms with E-state index in [-0.39, 0.29) is 23.8 Å². The molecule has 0 aliphatic carbocycles. The second kappa shape index (κ2) is 8.26. The zero-order valence-electron chi connectivity index (χ0n) is 18.3. The Morgan fingerprint density at radius 2 is 1.97 bits per heavy atom. The van der Waals surface area contributed by atoms with E-state index in [9.17, 15) is 9.18 Å². The van der Waals surface area contributed by atoms with E-state index in [4.69, 9.17) is 4.74 Å². The van der Waals surface area contributed by atoms with Crippen molar-refractivity contribution in [2.75, 3.05) is 7.11 Å². The van der Waals surface area contributed by atoms with Gasteiger partial charge in [0.2, 0.25) is 0 Å². The van der Waals surface area contributed by atoms with Gasteiger partial charge in [-0.3, -0.25) is 4.79 Å². The van der Waals surface area contributed by atoms with Crippen molar-refractivity contribution in [3.05, 3.63) is 83.2 Å². The number of imidazole rings is 1. The van der Waals surface area contributed by atoms with Gasteiger partial charge >= 0.3 is 0 Å². The minimum atomic E-state index is -0.252. The zero-order chi connectivity index (χ0) is 22.2. The van der Waals surface area contributed by atoms with Crippen LogP contribution in [-0.2, 0) is 4.79 Å². The molecule has 32 heavy (non-hydrogen) atoms. The predicted molar refractivity (Wildman–Crippen MR) is 121 cm³/mol. The van der Waals surface area contributed by atoms with Crippen molar-refractivity contribution >= 4 is 12.0 Å². The van der Waals surface area contributed by atoms with Crippen LogP contribution in [0.5, 0.6) is 5.75 Å². The summed E-state index contributed by atoms with van der Waals surface area (Å²) in [6.07, 6.45) is 9.41. The van der Waals surface area contributed by atoms with Crippen molar-refractivity contribution in [2.45, 2.75) is 44.7 Å². The second-order valence-electron chi connectivity index (χ2n) is 8.59. The number of rotatable bonds is 4. The molecule has 5 nitrogen and oxygen atoms in total. The van der Waals surface area contributed by atoms with Gasteiger partial charge in [0.1, 0.15) is 11.6 Å². The smallest absolute Gasteiger partial charge is 0.250 e. The lowest BCUT2D eigenvalue weighted by Gasteiger charge is -2.37. The number of methoxy groups -OCH3 is 1. The Kier molecular flexibility index (Phi) is 5.29. The molecule has 2 atom stereocenters. The van der Waals surface area contributed by atoms with Gasteiger partial charge in [0.25, 0.3) is 5.91 Å². The van der Waals surface area contributed by atoms with Crippen LogP contribution >= 0.6 is 0 Å². The highest BCUT2D eigenvalue weighted by Crippen LogP contribution is 2.42. The summed E-state index contributed by atoms with van der Waals surface area (Å²) in [4.78, 5) is 19.7. The van der Waals surface area contributed by atoms with Crippen molar-refractivity contribution in [2.24, 2.45) is 0 Å². The molecule has 0 radical (unpaired) electrons. The molecule has 1 aromatic heterocycles. The van der Waals surface area contributed by atoms with Gasteiger partial charge in [0, 0.05) is 17.8 Å². The standard InChI is InChI=1S/C26H26FN3O2/c1-17-15-29(16-28-17)24-11-6-18(13-25(24)32-2)12-20-14-22-4-3-5-23(30(22)26(20)31)19-7-9-21(27)10-8-19/h6-13,15-16,22-23H,3-5,14H2,1-2H3/b20-12+/t22-,23-/m0/s1. The molecular weight excluding hydrogens is 405 g/mol. The van der Waals surface area contributed by atoms with Gasteiger partial charge in [-0.25, -0.2) is 9.37 Å². The van der Waals surface area contributed by atoms with E-state index < -0.39 is 0 Å². The fourth-order valence-corrected chi connectivity index (χ4v) is 4.98. The average Bonchev–Trinajstić information content (AvgIpc) is 3.37. The predicted octanol–water partition coefficient (Wildman–Crippen LogP) is 5.24. The highest BCUT2D eigenvalue weighted by atomic mass is 19.1. The maximum Gasteiger partial charge on any atom is 0.250 e. The number of amides is 1. The van der Waals surface area contributed by atoms with Crippen LogP contribution in [0.4, 0.5) is 4.39 Å². The SMILES string of the molecule is COc1cc(/C=C2\C[C@@H]3CCC[C@@H](c4ccc(F)cc4)N3C2=O)ccc1-n1cnc(C)c1. The van der Waals surface area contributed by atoms with Gasteiger partial charge in [-0.15, -0.1) is 0 Å². The number of halogens is 1. The number of ether oxygens (including phenoxy) is 1. The van der Waals surface area contributed by atoms with E-state index in [1.54, 1.807) is 25.6 Å². The third-order valence-corrected chi connectivity index (χ3v) is 6.50. The number of fused-ring (bicyclic) bond motifs is 1. The molecule has 0 spiro atoms. The summed E-state index contributed by atoms with van der Waals surface area (Å²) in [6.45, 7) is 1.95. The summed E-state index contributed by atoms with van der Waals surface area (Å²) in [5.41, 5.74) is 4.59. The molecule has 6 heteroatoms. The summed E-state index contributed by atoms with van der Waals surface area (Å²) in [5, 5.41) is 0. The summed E-state index contributed by atoms with van der Waals surface area (Å²) in [6, 6.07) is 12.7. The zero-order valence-corrected chi connectivity index (χ0v) is 18.3. The van der Waals surface area contributed by atoms with Crippen LogP contribution in [0.15, 0.2) is 60.6 Å². The molecule has 1 amide bonds. The van der Waals surface area contributed by atoms with Crippen LogP contribution in [-0.4, -0.2) is 33.5 Å². The van der Waals surface area contributed by atoms with E-state index in [1.807, 2.05) is 46.9 Å². The van der Waals surface area contributed by atoms with Crippen molar-refractivity contribution in [3.63, 3.8) is 0 Å². The number of benzene rings is 2. The maximum absolute atomic E-state index is 13.4. The maximum atomic E-state index is 13.4. The molecule has 0 N–H and O–H groups in total. The molecule has 0 unspecified atom stereocenters. The summed E-state index contributed by atoms with van der Waals surface area (Å²) >= 11 is 0. The van der Waals surface area contributed by atoms with Crippen LogP contribution in [0, 0.1) is 12.7 Å². The van der Waals surface area contributed by atoms with Gasteiger partial charge in [-0.05, 0) is 74.1 Å². The summed E-state index contributed by atoms with van der Waals surface area (Å²) in [7, 11) is 1.65. The van der Waals surface area contributed by atoms with Gasteiger partial charge in [-0.2, -0.15) is 0 Å². The van der Waals surface area contributed by atoms with E-state index in [0.29, 0.717) is 0 Å². The Balaban J connectivity index is 1.43. The third kappa shape index (κ3) is 3.70. The Morgan fingerprint density at radius 1 is 1.16 bits per heavy atom. The molecule has 2 aromatic carbocycles. The molecule has 2 saturated heterocycles. The quantitative estimate of drug-likeness (QED) is 0.531. The molecule has 2 aliphatic rings. The molecule has 5 rings (SSSR count). The van der Waals surface area contributed by atoms with E-state index >= 15 is 0 Å². The minimum absolute atomic E-state index is 0.00847. The molecule has 164 valence electrons. The van der Waals surface area contributed by atoms with E-state index in [1.165, 1.54) is 12.1 Å². The molecular formula is C26H26FN3O2. The van der Waals surface area contributed by atoms with Crippen molar-refractivity contribution in [1.29, 1.82) is 0 Å². The van der Waals surface area contributed by atoms with E-state index in [2.05, 4.69) is 4.98 Å². The monoisotopic (exact) mass is 431 g/mol. The highest BCUT2D eigenvalue weighted by molar-refractivity contribution is 6.00. The number of nitrogens with zero attached hydrogens (tertiary/aromatic N) is 3. The largest absolute Gasteiger partial charge is 0.495 e. The van der Waals surface area contributed by atoms with Gasteiger partial charge in [0.15, 0.2) is 0 Å². The van der Waals surface area contributed by atoms with Gasteiger partial charge in [-0.1, -0.05) is 18.2 Å². The van der Waals surface area contributed by atoms with Crippen molar-refractivity contribution in [3.8, 4) is 11.4 Å². The number of carbonyl (C=O) groups excluding carboxylic acids is 1. The van der Waals surface area contributed by atoms with Crippen LogP contribution in [0.3, 0.4) is 0 Å². The highest BCUT2D eigenvalue weighted by Gasteiger charge is 2.42. The Labute approximate surface area is 187 Å². The molecule has 3 heterocycles. The van der Waals surface area contributed by atoms with Crippen LogP contribution < -0.4 is 4.74 Å². The number of aryl methyl sites for hydroxylation is 1. The number of hydrogen-bond donors (Lipinski definition) is 0. The first kappa shape index (κ1) is 20.5. The van der Waals surface area contributed by atoms with Crippen molar-refractivity contribution in [1.82, 2.24) is 14.5 Å². The number of aromatic nitrogens is 2. The first-order valence-electron chi connectivity index (χ1n) is 11.0. The molecule has 0 saturated carbocycles. The second-order valence-corrected chi connectivity index (χ2v) is 8.59. The first-order chi connectivity index (χ1) is 15.5. The average molecular weight is 432 g/mol. The number of hydrogen-bond acceptors (Lipinski definition) is 3. The van der Waals surface area contributed by atoms with Crippen LogP contribution in [0.1, 0.15) is 48.5 Å². The van der Waals surface area contributed by atoms with E-state index in [0.717, 1.165) is 59.5 Å². The normalized spacial score (nSPS) is 21.8. The lowest BCUT2D eigenvalue weighted by atomic mass is 9.91. The minimum Gasteiger partial charge on any atom is -0.495 e. The van der Waals surface area contributed by atoms with Gasteiger partial charge in [0.05, 0.1) is 30.9 Å². The van der Waals surface area contributed by atoms with Crippen LogP contribution in [0.2, 0.25) is 0 Å². The fourth-order valence-electron chi connectivity index (χ4n) is 4.98. The molecule has 0 bridgehead atoms. The van der Waals surface area contributed by atoms with Crippen molar-refractivity contribution < 1.29 is 13.9 Å². The third-order valence-electron chi connectivity index (χ3n) is 6.50.